The van der Waals surface area contributed by atoms with Crippen LogP contribution in [-0.4, -0.2) is 20.7 Å². The third kappa shape index (κ3) is 4.72. The largest absolute Gasteiger partial charge is 0.342 e. The number of benzene rings is 3. The highest BCUT2D eigenvalue weighted by Gasteiger charge is 2.24. The predicted octanol–water partition coefficient (Wildman–Crippen LogP) is 5.17. The lowest BCUT2D eigenvalue weighted by molar-refractivity contribution is 0.0922. The molecule has 0 saturated heterocycles. The minimum atomic E-state index is -0.218. The van der Waals surface area contributed by atoms with Crippen molar-refractivity contribution in [3.05, 3.63) is 113 Å². The van der Waals surface area contributed by atoms with Gasteiger partial charge in [0.15, 0.2) is 0 Å². The van der Waals surface area contributed by atoms with Gasteiger partial charge in [-0.2, -0.15) is 0 Å². The SMILES string of the molecule is Cc1cccc(-n2nc(C(=O)N[C@H]3CCCc4ccccc43)nc2CCc2ccccc2)c1. The van der Waals surface area contributed by atoms with Crippen LogP contribution in [0.2, 0.25) is 0 Å². The fraction of sp³-hybridized carbons (Fsp3) is 0.250. The molecule has 0 radical (unpaired) electrons. The van der Waals surface area contributed by atoms with E-state index in [9.17, 15) is 4.79 Å². The Hall–Kier alpha value is -3.73. The summed E-state index contributed by atoms with van der Waals surface area (Å²) in [5.41, 5.74) is 5.82. The Labute approximate surface area is 194 Å². The van der Waals surface area contributed by atoms with Gasteiger partial charge in [-0.15, -0.1) is 5.10 Å². The Balaban J connectivity index is 1.42. The molecule has 4 aromatic rings. The fourth-order valence-corrected chi connectivity index (χ4v) is 4.60. The van der Waals surface area contributed by atoms with Gasteiger partial charge in [0.1, 0.15) is 5.82 Å². The number of aryl methyl sites for hydroxylation is 4. The topological polar surface area (TPSA) is 59.8 Å². The van der Waals surface area contributed by atoms with Crippen LogP contribution in [0.3, 0.4) is 0 Å². The molecule has 0 unspecified atom stereocenters. The van der Waals surface area contributed by atoms with E-state index in [-0.39, 0.29) is 17.8 Å². The number of carbonyl (C=O) groups excluding carboxylic acids is 1. The average Bonchev–Trinajstić information content (AvgIpc) is 3.28. The predicted molar refractivity (Wildman–Crippen MR) is 130 cm³/mol. The summed E-state index contributed by atoms with van der Waals surface area (Å²) >= 11 is 0. The van der Waals surface area contributed by atoms with E-state index in [1.165, 1.54) is 16.7 Å². The van der Waals surface area contributed by atoms with E-state index in [0.717, 1.165) is 42.8 Å². The van der Waals surface area contributed by atoms with E-state index in [0.29, 0.717) is 6.42 Å². The van der Waals surface area contributed by atoms with Crippen molar-refractivity contribution in [2.45, 2.75) is 45.1 Å². The first-order valence-corrected chi connectivity index (χ1v) is 11.6. The first-order chi connectivity index (χ1) is 16.2. The van der Waals surface area contributed by atoms with Crippen LogP contribution in [0, 0.1) is 6.92 Å². The monoisotopic (exact) mass is 436 g/mol. The van der Waals surface area contributed by atoms with Gasteiger partial charge in [-0.05, 0) is 67.0 Å². The number of hydrogen-bond acceptors (Lipinski definition) is 3. The molecule has 0 bridgehead atoms. The molecular formula is C28H28N4O. The van der Waals surface area contributed by atoms with Crippen LogP contribution in [0.4, 0.5) is 0 Å². The summed E-state index contributed by atoms with van der Waals surface area (Å²) in [6.07, 6.45) is 4.59. The van der Waals surface area contributed by atoms with Crippen LogP contribution < -0.4 is 5.32 Å². The molecule has 5 rings (SSSR count). The number of amides is 1. The summed E-state index contributed by atoms with van der Waals surface area (Å²) in [4.78, 5) is 17.9. The van der Waals surface area contributed by atoms with Gasteiger partial charge >= 0.3 is 0 Å². The Morgan fingerprint density at radius 3 is 2.67 bits per heavy atom. The van der Waals surface area contributed by atoms with E-state index >= 15 is 0 Å². The number of nitrogens with zero attached hydrogens (tertiary/aromatic N) is 3. The van der Waals surface area contributed by atoms with Crippen molar-refractivity contribution in [2.24, 2.45) is 0 Å². The zero-order valence-electron chi connectivity index (χ0n) is 18.9. The van der Waals surface area contributed by atoms with Crippen molar-refractivity contribution in [1.29, 1.82) is 0 Å². The minimum Gasteiger partial charge on any atom is -0.342 e. The van der Waals surface area contributed by atoms with Gasteiger partial charge in [-0.25, -0.2) is 9.67 Å². The third-order valence-corrected chi connectivity index (χ3v) is 6.28. The molecule has 1 aliphatic carbocycles. The Kier molecular flexibility index (Phi) is 6.03. The molecule has 33 heavy (non-hydrogen) atoms. The van der Waals surface area contributed by atoms with Crippen LogP contribution in [0.5, 0.6) is 0 Å². The normalized spacial score (nSPS) is 15.1. The molecule has 166 valence electrons. The van der Waals surface area contributed by atoms with Gasteiger partial charge in [0.25, 0.3) is 5.91 Å². The molecule has 1 aliphatic rings. The van der Waals surface area contributed by atoms with Crippen molar-refractivity contribution >= 4 is 5.91 Å². The average molecular weight is 437 g/mol. The molecule has 1 amide bonds. The first kappa shape index (κ1) is 21.1. The van der Waals surface area contributed by atoms with Crippen molar-refractivity contribution in [1.82, 2.24) is 20.1 Å². The number of nitrogens with one attached hydrogen (secondary N) is 1. The van der Waals surface area contributed by atoms with Gasteiger partial charge in [-0.1, -0.05) is 66.7 Å². The quantitative estimate of drug-likeness (QED) is 0.454. The standard InChI is InChI=1S/C28H28N4O/c1-20-9-7-14-23(19-20)32-26(18-17-21-10-3-2-4-11-21)30-27(31-32)28(33)29-25-16-8-13-22-12-5-6-15-24(22)25/h2-7,9-12,14-15,19,25H,8,13,16-18H2,1H3,(H,29,33)/t25-/m0/s1. The van der Waals surface area contributed by atoms with Crippen molar-refractivity contribution in [3.63, 3.8) is 0 Å². The number of carbonyl (C=O) groups is 1. The van der Waals surface area contributed by atoms with E-state index < -0.39 is 0 Å². The molecule has 1 aromatic heterocycles. The molecule has 3 aromatic carbocycles. The summed E-state index contributed by atoms with van der Waals surface area (Å²) in [5.74, 6) is 0.797. The third-order valence-electron chi connectivity index (χ3n) is 6.28. The summed E-state index contributed by atoms with van der Waals surface area (Å²) in [7, 11) is 0. The molecular weight excluding hydrogens is 408 g/mol. The van der Waals surface area contributed by atoms with Gasteiger partial charge < -0.3 is 5.32 Å². The highest BCUT2D eigenvalue weighted by Crippen LogP contribution is 2.29. The van der Waals surface area contributed by atoms with Crippen LogP contribution in [0.1, 0.15) is 57.6 Å². The minimum absolute atomic E-state index is 0.00105. The maximum absolute atomic E-state index is 13.2. The lowest BCUT2D eigenvalue weighted by Gasteiger charge is -2.25. The molecule has 5 nitrogen and oxygen atoms in total. The van der Waals surface area contributed by atoms with Crippen molar-refractivity contribution < 1.29 is 4.79 Å². The smallest absolute Gasteiger partial charge is 0.291 e. The lowest BCUT2D eigenvalue weighted by Crippen LogP contribution is -2.31. The van der Waals surface area contributed by atoms with Crippen LogP contribution in [0.25, 0.3) is 5.69 Å². The number of hydrogen-bond donors (Lipinski definition) is 1. The van der Waals surface area contributed by atoms with Crippen LogP contribution in [0.15, 0.2) is 78.9 Å². The summed E-state index contributed by atoms with van der Waals surface area (Å²) < 4.78 is 1.82. The summed E-state index contributed by atoms with van der Waals surface area (Å²) in [6.45, 7) is 2.05. The van der Waals surface area contributed by atoms with E-state index in [4.69, 9.17) is 4.98 Å². The summed E-state index contributed by atoms with van der Waals surface area (Å²) in [5, 5.41) is 7.84. The first-order valence-electron chi connectivity index (χ1n) is 11.6. The van der Waals surface area contributed by atoms with Gasteiger partial charge in [0.05, 0.1) is 11.7 Å². The molecule has 1 atom stereocenters. The zero-order valence-corrected chi connectivity index (χ0v) is 18.9. The molecule has 1 heterocycles. The number of rotatable bonds is 6. The second-order valence-corrected chi connectivity index (χ2v) is 8.71. The van der Waals surface area contributed by atoms with Crippen molar-refractivity contribution in [2.75, 3.05) is 0 Å². The van der Waals surface area contributed by atoms with Crippen LogP contribution >= 0.6 is 0 Å². The highest BCUT2D eigenvalue weighted by atomic mass is 16.2. The molecule has 0 fully saturated rings. The molecule has 1 N–H and O–H groups in total. The fourth-order valence-electron chi connectivity index (χ4n) is 4.60. The van der Waals surface area contributed by atoms with E-state index in [1.807, 2.05) is 41.1 Å². The van der Waals surface area contributed by atoms with E-state index in [2.05, 4.69) is 59.8 Å². The number of aromatic nitrogens is 3. The van der Waals surface area contributed by atoms with Crippen molar-refractivity contribution in [3.8, 4) is 5.69 Å². The molecule has 5 heteroatoms. The van der Waals surface area contributed by atoms with Gasteiger partial charge in [0.2, 0.25) is 5.82 Å². The maximum atomic E-state index is 13.2. The number of fused-ring (bicyclic) bond motifs is 1. The Morgan fingerprint density at radius 2 is 1.82 bits per heavy atom. The molecule has 0 aliphatic heterocycles. The Morgan fingerprint density at radius 1 is 1.00 bits per heavy atom. The van der Waals surface area contributed by atoms with Gasteiger partial charge in [0, 0.05) is 6.42 Å². The maximum Gasteiger partial charge on any atom is 0.291 e. The zero-order chi connectivity index (χ0) is 22.6. The van der Waals surface area contributed by atoms with Gasteiger partial charge in [-0.3, -0.25) is 4.79 Å². The lowest BCUT2D eigenvalue weighted by atomic mass is 9.88. The van der Waals surface area contributed by atoms with E-state index in [1.54, 1.807) is 0 Å². The van der Waals surface area contributed by atoms with Crippen LogP contribution in [-0.2, 0) is 19.3 Å². The second kappa shape index (κ2) is 9.41. The molecule has 0 saturated carbocycles. The second-order valence-electron chi connectivity index (χ2n) is 8.71. The Bertz CT molecular complexity index is 1260. The molecule has 0 spiro atoms. The summed E-state index contributed by atoms with van der Waals surface area (Å²) in [6, 6.07) is 26.8. The highest BCUT2D eigenvalue weighted by molar-refractivity contribution is 5.90.